The molecule has 0 saturated heterocycles. The fourth-order valence-electron chi connectivity index (χ4n) is 4.66. The smallest absolute Gasteiger partial charge is 0.200 e. The number of hydrogen-bond donors (Lipinski definition) is 2. The van der Waals surface area contributed by atoms with Gasteiger partial charge in [0, 0.05) is 74.0 Å². The maximum Gasteiger partial charge on any atom is 0.200 e. The number of rotatable bonds is 10. The monoisotopic (exact) mass is 464 g/mol. The lowest BCUT2D eigenvalue weighted by molar-refractivity contribution is -0.0754. The zero-order chi connectivity index (χ0) is 24.5. The molecule has 0 fully saturated rings. The Morgan fingerprint density at radius 1 is 0.794 bits per heavy atom. The largest absolute Gasteiger partial charge is 0.369 e. The van der Waals surface area contributed by atoms with E-state index in [1.807, 2.05) is 12.3 Å². The summed E-state index contributed by atoms with van der Waals surface area (Å²) < 4.78 is 16.7. The number of aliphatic imine (C=N–C) groups is 2. The molecule has 2 N–H and O–H groups in total. The van der Waals surface area contributed by atoms with Gasteiger partial charge in [0.2, 0.25) is 0 Å². The molecule has 1 unspecified atom stereocenters. The first-order valence-electron chi connectivity index (χ1n) is 11.7. The van der Waals surface area contributed by atoms with Crippen molar-refractivity contribution in [1.82, 2.24) is 9.97 Å². The number of nitrogens with one attached hydrogen (secondary N) is 2. The third kappa shape index (κ3) is 4.87. The maximum absolute atomic E-state index is 5.91. The number of ether oxygens (including phenoxy) is 3. The lowest BCUT2D eigenvalue weighted by atomic mass is 9.86. The molecular formula is C27H36N4O3. The van der Waals surface area contributed by atoms with Crippen molar-refractivity contribution in [2.75, 3.05) is 21.3 Å². The van der Waals surface area contributed by atoms with Gasteiger partial charge in [0.25, 0.3) is 0 Å². The summed E-state index contributed by atoms with van der Waals surface area (Å²) in [5.41, 5.74) is 6.87. The first kappa shape index (κ1) is 24.4. The molecule has 0 spiro atoms. The van der Waals surface area contributed by atoms with Gasteiger partial charge in [0.05, 0.1) is 17.1 Å². The van der Waals surface area contributed by atoms with E-state index in [2.05, 4.69) is 68.0 Å². The minimum Gasteiger partial charge on any atom is -0.369 e. The van der Waals surface area contributed by atoms with Crippen molar-refractivity contribution in [3.8, 4) is 0 Å². The predicted octanol–water partition coefficient (Wildman–Crippen LogP) is 5.16. The van der Waals surface area contributed by atoms with Crippen LogP contribution in [0.5, 0.6) is 0 Å². The highest BCUT2D eigenvalue weighted by atomic mass is 16.7. The molecule has 0 saturated carbocycles. The van der Waals surface area contributed by atoms with Crippen molar-refractivity contribution in [2.24, 2.45) is 20.8 Å². The first-order chi connectivity index (χ1) is 16.2. The molecule has 4 heterocycles. The Hall–Kier alpha value is -2.74. The number of aromatic amines is 2. The lowest BCUT2D eigenvalue weighted by Crippen LogP contribution is -2.21. The molecule has 0 bridgehead atoms. The second-order valence-corrected chi connectivity index (χ2v) is 10.1. The molecule has 2 aromatic heterocycles. The van der Waals surface area contributed by atoms with E-state index in [0.29, 0.717) is 6.42 Å². The summed E-state index contributed by atoms with van der Waals surface area (Å²) in [6, 6.07) is 8.30. The van der Waals surface area contributed by atoms with Crippen LogP contribution in [0.1, 0.15) is 50.9 Å². The molecule has 1 atom stereocenters. The van der Waals surface area contributed by atoms with E-state index < -0.39 is 6.29 Å². The minimum atomic E-state index is -0.454. The molecule has 7 nitrogen and oxygen atoms in total. The normalized spacial score (nSPS) is 19.8. The third-order valence-corrected chi connectivity index (χ3v) is 6.64. The topological polar surface area (TPSA) is 84.0 Å². The Kier molecular flexibility index (Phi) is 6.80. The molecule has 182 valence electrons. The van der Waals surface area contributed by atoms with Crippen LogP contribution in [0.25, 0.3) is 0 Å². The van der Waals surface area contributed by atoms with Gasteiger partial charge in [-0.3, -0.25) is 9.98 Å². The van der Waals surface area contributed by atoms with Crippen LogP contribution >= 0.6 is 0 Å². The zero-order valence-electron chi connectivity index (χ0n) is 21.2. The number of H-pyrrole nitrogens is 2. The van der Waals surface area contributed by atoms with E-state index in [1.54, 1.807) is 21.3 Å². The van der Waals surface area contributed by atoms with Gasteiger partial charge in [-0.15, -0.1) is 0 Å². The van der Waals surface area contributed by atoms with Crippen LogP contribution in [0, 0.1) is 10.8 Å². The Morgan fingerprint density at radius 3 is 2.00 bits per heavy atom. The molecule has 4 rings (SSSR count). The molecule has 2 aromatic rings. The number of aromatic nitrogens is 2. The Balaban J connectivity index is 1.52. The Morgan fingerprint density at radius 2 is 1.41 bits per heavy atom. The van der Waals surface area contributed by atoms with Gasteiger partial charge in [-0.1, -0.05) is 27.7 Å². The second-order valence-electron chi connectivity index (χ2n) is 10.1. The van der Waals surface area contributed by atoms with Crippen molar-refractivity contribution in [3.63, 3.8) is 0 Å². The molecule has 7 heteroatoms. The molecule has 0 aromatic carbocycles. The highest BCUT2D eigenvalue weighted by molar-refractivity contribution is 5.96. The number of allylic oxidation sites excluding steroid dienone is 2. The Labute approximate surface area is 202 Å². The van der Waals surface area contributed by atoms with Gasteiger partial charge in [-0.05, 0) is 36.4 Å². The Bertz CT molecular complexity index is 1130. The summed E-state index contributed by atoms with van der Waals surface area (Å²) in [7, 11) is 4.98. The predicted molar refractivity (Wildman–Crippen MR) is 135 cm³/mol. The molecule has 34 heavy (non-hydrogen) atoms. The van der Waals surface area contributed by atoms with Crippen LogP contribution in [0.4, 0.5) is 0 Å². The summed E-state index contributed by atoms with van der Waals surface area (Å²) in [5.74, 6) is 0. The van der Waals surface area contributed by atoms with Crippen LogP contribution in [0.2, 0.25) is 0 Å². The molecule has 0 amide bonds. The number of methoxy groups -OCH3 is 3. The fourth-order valence-corrected chi connectivity index (χ4v) is 4.66. The SMILES string of the molecule is COC(OC)C1=CC(C)(C)C(Cc2ccc(C(OC)C3=CC(C)(C)C(Cc4ccc[nH]4)=N3)[nH]2)=N1. The number of nitrogens with zero attached hydrogens (tertiary/aromatic N) is 2. The summed E-state index contributed by atoms with van der Waals surface area (Å²) in [6.45, 7) is 8.73. The van der Waals surface area contributed by atoms with Crippen molar-refractivity contribution in [3.05, 3.63) is 71.1 Å². The summed E-state index contributed by atoms with van der Waals surface area (Å²) in [6.07, 6.45) is 7.07. The summed E-state index contributed by atoms with van der Waals surface area (Å²) in [5, 5.41) is 0. The second kappa shape index (κ2) is 9.49. The third-order valence-electron chi connectivity index (χ3n) is 6.64. The summed E-state index contributed by atoms with van der Waals surface area (Å²) >= 11 is 0. The first-order valence-corrected chi connectivity index (χ1v) is 11.7. The van der Waals surface area contributed by atoms with Crippen LogP contribution < -0.4 is 0 Å². The average molecular weight is 465 g/mol. The molecule has 0 aliphatic carbocycles. The lowest BCUT2D eigenvalue weighted by Gasteiger charge is -2.18. The van der Waals surface area contributed by atoms with E-state index in [4.69, 9.17) is 24.2 Å². The van der Waals surface area contributed by atoms with E-state index in [0.717, 1.165) is 46.3 Å². The maximum atomic E-state index is 5.91. The van der Waals surface area contributed by atoms with Crippen LogP contribution in [0.15, 0.2) is 64.0 Å². The summed E-state index contributed by atoms with van der Waals surface area (Å²) in [4.78, 5) is 16.7. The van der Waals surface area contributed by atoms with E-state index in [9.17, 15) is 0 Å². The molecule has 2 aliphatic heterocycles. The highest BCUT2D eigenvalue weighted by Gasteiger charge is 2.34. The highest BCUT2D eigenvalue weighted by Crippen LogP contribution is 2.38. The quantitative estimate of drug-likeness (QED) is 0.476. The van der Waals surface area contributed by atoms with Crippen molar-refractivity contribution >= 4 is 11.4 Å². The van der Waals surface area contributed by atoms with E-state index in [-0.39, 0.29) is 16.9 Å². The molecular weight excluding hydrogens is 428 g/mol. The fraction of sp³-hybridized carbons (Fsp3) is 0.481. The van der Waals surface area contributed by atoms with Gasteiger partial charge in [0.15, 0.2) is 6.29 Å². The van der Waals surface area contributed by atoms with Crippen LogP contribution in [-0.2, 0) is 27.1 Å². The van der Waals surface area contributed by atoms with Crippen molar-refractivity contribution in [1.29, 1.82) is 0 Å². The van der Waals surface area contributed by atoms with Gasteiger partial charge in [-0.25, -0.2) is 0 Å². The van der Waals surface area contributed by atoms with Crippen LogP contribution in [-0.4, -0.2) is 49.0 Å². The van der Waals surface area contributed by atoms with Gasteiger partial charge < -0.3 is 24.2 Å². The van der Waals surface area contributed by atoms with Gasteiger partial charge in [0.1, 0.15) is 6.10 Å². The van der Waals surface area contributed by atoms with Gasteiger partial charge >= 0.3 is 0 Å². The zero-order valence-corrected chi connectivity index (χ0v) is 21.2. The number of hydrogen-bond acceptors (Lipinski definition) is 5. The van der Waals surface area contributed by atoms with E-state index in [1.165, 1.54) is 0 Å². The van der Waals surface area contributed by atoms with Gasteiger partial charge in [-0.2, -0.15) is 0 Å². The van der Waals surface area contributed by atoms with Crippen LogP contribution in [0.3, 0.4) is 0 Å². The van der Waals surface area contributed by atoms with E-state index >= 15 is 0 Å². The standard InChI is InChI=1S/C27H36N4O3/c1-26(2)15-20(30-22(26)13-17-9-8-12-28-17)24(32-5)19-11-10-18(29-19)14-23-27(3,4)16-21(31-23)25(33-6)34-7/h8-12,15-16,24-25,28-29H,13-14H2,1-7H3. The minimum absolute atomic E-state index is 0.128. The van der Waals surface area contributed by atoms with Crippen molar-refractivity contribution in [2.45, 2.75) is 52.9 Å². The van der Waals surface area contributed by atoms with Crippen molar-refractivity contribution < 1.29 is 14.2 Å². The molecule has 0 radical (unpaired) electrons. The average Bonchev–Trinajstić information content (AvgIpc) is 3.55. The molecule has 2 aliphatic rings.